The Morgan fingerprint density at radius 3 is 2.95 bits per heavy atom. The predicted molar refractivity (Wildman–Crippen MR) is 78.2 cm³/mol. The highest BCUT2D eigenvalue weighted by Crippen LogP contribution is 2.21. The molecule has 1 amide bonds. The van der Waals surface area contributed by atoms with Crippen LogP contribution in [0.2, 0.25) is 0 Å². The second-order valence-corrected chi connectivity index (χ2v) is 5.45. The van der Waals surface area contributed by atoms with Gasteiger partial charge in [-0.15, -0.1) is 0 Å². The van der Waals surface area contributed by atoms with Crippen LogP contribution in [-0.2, 0) is 11.3 Å². The number of hydrogen-bond donors (Lipinski definition) is 2. The highest BCUT2D eigenvalue weighted by atomic mass is 19.1. The average Bonchev–Trinajstić information content (AvgIpc) is 2.61. The maximum absolute atomic E-state index is 14.2. The van der Waals surface area contributed by atoms with E-state index in [9.17, 15) is 9.18 Å². The van der Waals surface area contributed by atoms with Crippen molar-refractivity contribution in [1.82, 2.24) is 10.6 Å². The van der Waals surface area contributed by atoms with Gasteiger partial charge in [-0.25, -0.2) is 4.39 Å². The minimum absolute atomic E-state index is 0.0487. The summed E-state index contributed by atoms with van der Waals surface area (Å²) in [5.74, 6) is -0.310. The zero-order chi connectivity index (χ0) is 14.5. The lowest BCUT2D eigenvalue weighted by Crippen LogP contribution is -2.33. The van der Waals surface area contributed by atoms with Crippen molar-refractivity contribution < 1.29 is 9.18 Å². The van der Waals surface area contributed by atoms with Crippen LogP contribution in [0.4, 0.5) is 10.1 Å². The van der Waals surface area contributed by atoms with Crippen LogP contribution in [0.25, 0.3) is 0 Å². The number of anilines is 1. The lowest BCUT2D eigenvalue weighted by molar-refractivity contribution is -0.119. The van der Waals surface area contributed by atoms with Crippen molar-refractivity contribution in [1.29, 1.82) is 0 Å². The molecule has 5 heteroatoms. The standard InChI is InChI=1S/C15H22FN3O/c1-11(2)18-9-12-4-5-14(13(16)8-12)19-7-3-6-17-15(20)10-19/h4-5,8,11,18H,3,6-7,9-10H2,1-2H3,(H,17,20). The van der Waals surface area contributed by atoms with Gasteiger partial charge in [0.2, 0.25) is 5.91 Å². The van der Waals surface area contributed by atoms with Gasteiger partial charge in [-0.2, -0.15) is 0 Å². The zero-order valence-electron chi connectivity index (χ0n) is 12.1. The topological polar surface area (TPSA) is 44.4 Å². The van der Waals surface area contributed by atoms with Gasteiger partial charge < -0.3 is 15.5 Å². The monoisotopic (exact) mass is 279 g/mol. The predicted octanol–water partition coefficient (Wildman–Crippen LogP) is 1.65. The van der Waals surface area contributed by atoms with Gasteiger partial charge in [-0.1, -0.05) is 19.9 Å². The molecule has 0 unspecified atom stereocenters. The van der Waals surface area contributed by atoms with Crippen molar-refractivity contribution in [3.63, 3.8) is 0 Å². The van der Waals surface area contributed by atoms with Gasteiger partial charge in [0.15, 0.2) is 0 Å². The van der Waals surface area contributed by atoms with E-state index in [1.807, 2.05) is 6.07 Å². The summed E-state index contributed by atoms with van der Waals surface area (Å²) in [6.07, 6.45) is 0.835. The van der Waals surface area contributed by atoms with Crippen LogP contribution in [0.5, 0.6) is 0 Å². The fourth-order valence-electron chi connectivity index (χ4n) is 2.25. The summed E-state index contributed by atoms with van der Waals surface area (Å²) >= 11 is 0. The SMILES string of the molecule is CC(C)NCc1ccc(N2CCCNC(=O)C2)c(F)c1. The molecule has 1 heterocycles. The van der Waals surface area contributed by atoms with Crippen molar-refractivity contribution in [3.8, 4) is 0 Å². The third kappa shape index (κ3) is 3.93. The van der Waals surface area contributed by atoms with E-state index in [0.717, 1.165) is 12.0 Å². The molecule has 20 heavy (non-hydrogen) atoms. The molecule has 0 bridgehead atoms. The molecule has 1 aromatic carbocycles. The molecule has 1 fully saturated rings. The molecule has 1 aliphatic heterocycles. The van der Waals surface area contributed by atoms with Crippen LogP contribution in [-0.4, -0.2) is 31.6 Å². The van der Waals surface area contributed by atoms with E-state index in [2.05, 4.69) is 24.5 Å². The zero-order valence-corrected chi connectivity index (χ0v) is 12.1. The molecule has 0 saturated carbocycles. The third-order valence-corrected chi connectivity index (χ3v) is 3.33. The van der Waals surface area contributed by atoms with E-state index in [1.54, 1.807) is 17.0 Å². The van der Waals surface area contributed by atoms with Crippen LogP contribution in [0.1, 0.15) is 25.8 Å². The fourth-order valence-corrected chi connectivity index (χ4v) is 2.25. The van der Waals surface area contributed by atoms with E-state index < -0.39 is 0 Å². The lowest BCUT2D eigenvalue weighted by atomic mass is 10.1. The quantitative estimate of drug-likeness (QED) is 0.881. The van der Waals surface area contributed by atoms with Crippen LogP contribution in [0.15, 0.2) is 18.2 Å². The number of amides is 1. The Morgan fingerprint density at radius 1 is 1.45 bits per heavy atom. The highest BCUT2D eigenvalue weighted by molar-refractivity contribution is 5.81. The van der Waals surface area contributed by atoms with Crippen LogP contribution in [0.3, 0.4) is 0 Å². The van der Waals surface area contributed by atoms with Gasteiger partial charge in [0, 0.05) is 25.7 Å². The van der Waals surface area contributed by atoms with Gasteiger partial charge in [0.25, 0.3) is 0 Å². The molecular weight excluding hydrogens is 257 g/mol. The minimum atomic E-state index is -0.261. The van der Waals surface area contributed by atoms with Crippen LogP contribution >= 0.6 is 0 Å². The molecule has 1 saturated heterocycles. The molecule has 0 atom stereocenters. The summed E-state index contributed by atoms with van der Waals surface area (Å²) in [7, 11) is 0. The summed E-state index contributed by atoms with van der Waals surface area (Å²) in [5, 5.41) is 6.06. The number of carbonyl (C=O) groups is 1. The number of benzene rings is 1. The van der Waals surface area contributed by atoms with Crippen molar-refractivity contribution in [2.45, 2.75) is 32.9 Å². The molecule has 110 valence electrons. The van der Waals surface area contributed by atoms with Crippen molar-refractivity contribution in [3.05, 3.63) is 29.6 Å². The van der Waals surface area contributed by atoms with Gasteiger partial charge in [-0.05, 0) is 24.1 Å². The molecule has 0 spiro atoms. The number of nitrogens with zero attached hydrogens (tertiary/aromatic N) is 1. The summed E-state index contributed by atoms with van der Waals surface area (Å²) in [5.41, 5.74) is 1.43. The largest absolute Gasteiger partial charge is 0.360 e. The molecule has 0 aromatic heterocycles. The maximum atomic E-state index is 14.2. The summed E-state index contributed by atoms with van der Waals surface area (Å²) in [6.45, 7) is 6.34. The molecule has 0 radical (unpaired) electrons. The molecule has 2 N–H and O–H groups in total. The number of hydrogen-bond acceptors (Lipinski definition) is 3. The molecule has 1 aliphatic rings. The Labute approximate surface area is 119 Å². The Balaban J connectivity index is 2.10. The molecular formula is C15H22FN3O. The van der Waals surface area contributed by atoms with Crippen molar-refractivity contribution >= 4 is 11.6 Å². The summed E-state index contributed by atoms with van der Waals surface area (Å²) in [6, 6.07) is 5.60. The summed E-state index contributed by atoms with van der Waals surface area (Å²) in [4.78, 5) is 13.3. The first-order valence-corrected chi connectivity index (χ1v) is 7.09. The number of nitrogens with one attached hydrogen (secondary N) is 2. The molecule has 2 rings (SSSR count). The van der Waals surface area contributed by atoms with Crippen LogP contribution < -0.4 is 15.5 Å². The highest BCUT2D eigenvalue weighted by Gasteiger charge is 2.18. The van der Waals surface area contributed by atoms with Gasteiger partial charge in [0.1, 0.15) is 5.82 Å². The van der Waals surface area contributed by atoms with Crippen molar-refractivity contribution in [2.75, 3.05) is 24.5 Å². The minimum Gasteiger partial charge on any atom is -0.360 e. The van der Waals surface area contributed by atoms with Gasteiger partial charge in [-0.3, -0.25) is 4.79 Å². The molecule has 1 aromatic rings. The van der Waals surface area contributed by atoms with E-state index in [0.29, 0.717) is 31.4 Å². The Kier molecular flexibility index (Phi) is 4.95. The molecule has 0 aliphatic carbocycles. The Hall–Kier alpha value is -1.62. The van der Waals surface area contributed by atoms with E-state index in [-0.39, 0.29) is 18.3 Å². The van der Waals surface area contributed by atoms with Gasteiger partial charge in [0.05, 0.1) is 12.2 Å². The lowest BCUT2D eigenvalue weighted by Gasteiger charge is -2.22. The first kappa shape index (κ1) is 14.8. The number of rotatable bonds is 4. The first-order chi connectivity index (χ1) is 9.56. The first-order valence-electron chi connectivity index (χ1n) is 7.09. The number of halogens is 1. The maximum Gasteiger partial charge on any atom is 0.239 e. The normalized spacial score (nSPS) is 16.2. The summed E-state index contributed by atoms with van der Waals surface area (Å²) < 4.78 is 14.2. The molecule has 4 nitrogen and oxygen atoms in total. The Morgan fingerprint density at radius 2 is 2.25 bits per heavy atom. The van der Waals surface area contributed by atoms with Crippen LogP contribution in [0, 0.1) is 5.82 Å². The Bertz CT molecular complexity index is 476. The third-order valence-electron chi connectivity index (χ3n) is 3.33. The second kappa shape index (κ2) is 6.70. The van der Waals surface area contributed by atoms with E-state index >= 15 is 0 Å². The number of carbonyl (C=O) groups excluding carboxylic acids is 1. The fraction of sp³-hybridized carbons (Fsp3) is 0.533. The van der Waals surface area contributed by atoms with Crippen molar-refractivity contribution in [2.24, 2.45) is 0 Å². The van der Waals surface area contributed by atoms with E-state index in [4.69, 9.17) is 0 Å². The smallest absolute Gasteiger partial charge is 0.239 e. The van der Waals surface area contributed by atoms with Gasteiger partial charge >= 0.3 is 0 Å². The average molecular weight is 279 g/mol. The second-order valence-electron chi connectivity index (χ2n) is 5.45. The van der Waals surface area contributed by atoms with E-state index in [1.165, 1.54) is 0 Å².